The Kier molecular flexibility index (Phi) is 15.9. The van der Waals surface area contributed by atoms with E-state index >= 15 is 0 Å². The van der Waals surface area contributed by atoms with Gasteiger partial charge in [0.15, 0.2) is 0 Å². The lowest BCUT2D eigenvalue weighted by Crippen LogP contribution is -2.50. The van der Waals surface area contributed by atoms with Crippen molar-refractivity contribution in [1.29, 1.82) is 0 Å². The highest BCUT2D eigenvalue weighted by Crippen LogP contribution is 2.28. The third-order valence-corrected chi connectivity index (χ3v) is 3.51. The molecule has 140 valence electrons. The zero-order chi connectivity index (χ0) is 18.3. The highest BCUT2D eigenvalue weighted by Gasteiger charge is 2.37. The van der Waals surface area contributed by atoms with Crippen molar-refractivity contribution in [2.45, 2.75) is 52.6 Å². The van der Waals surface area contributed by atoms with Crippen molar-refractivity contribution in [3.63, 3.8) is 0 Å². The normalized spacial score (nSPS) is 20.1. The second-order valence-electron chi connectivity index (χ2n) is 6.11. The van der Waals surface area contributed by atoms with Gasteiger partial charge in [-0.3, -0.25) is 4.79 Å². The minimum absolute atomic E-state index is 0.0186. The van der Waals surface area contributed by atoms with Crippen LogP contribution in [-0.2, 0) is 9.53 Å². The SMILES string of the molecule is CC.CC.CN(C)C.CN1CCCOC2(CCN(C=O)CC2)C1. The van der Waals surface area contributed by atoms with Gasteiger partial charge in [-0.15, -0.1) is 0 Å². The first kappa shape index (κ1) is 24.6. The van der Waals surface area contributed by atoms with Crippen LogP contribution >= 0.6 is 0 Å². The van der Waals surface area contributed by atoms with Gasteiger partial charge in [-0.1, -0.05) is 27.7 Å². The number of hydrogen-bond acceptors (Lipinski definition) is 4. The van der Waals surface area contributed by atoms with Crippen LogP contribution in [0.5, 0.6) is 0 Å². The Hall–Kier alpha value is -0.650. The Balaban J connectivity index is 0. The fraction of sp³-hybridized carbons (Fsp3) is 0.944. The third kappa shape index (κ3) is 11.5. The topological polar surface area (TPSA) is 36.0 Å². The summed E-state index contributed by atoms with van der Waals surface area (Å²) < 4.78 is 6.01. The highest BCUT2D eigenvalue weighted by molar-refractivity contribution is 5.47. The maximum atomic E-state index is 10.6. The van der Waals surface area contributed by atoms with E-state index in [1.54, 1.807) is 0 Å². The van der Waals surface area contributed by atoms with Gasteiger partial charge in [-0.2, -0.15) is 0 Å². The molecule has 0 N–H and O–H groups in total. The van der Waals surface area contributed by atoms with E-state index < -0.39 is 0 Å². The lowest BCUT2D eigenvalue weighted by atomic mass is 9.91. The summed E-state index contributed by atoms with van der Waals surface area (Å²) in [5.41, 5.74) is 0.0186. The molecule has 0 saturated carbocycles. The van der Waals surface area contributed by atoms with Crippen molar-refractivity contribution >= 4 is 6.41 Å². The van der Waals surface area contributed by atoms with Crippen LogP contribution in [0.25, 0.3) is 0 Å². The molecule has 0 bridgehead atoms. The molecule has 0 aromatic heterocycles. The minimum Gasteiger partial charge on any atom is -0.373 e. The summed E-state index contributed by atoms with van der Waals surface area (Å²) >= 11 is 0. The zero-order valence-corrected chi connectivity index (χ0v) is 16.9. The maximum absolute atomic E-state index is 10.6. The van der Waals surface area contributed by atoms with Crippen LogP contribution in [0.2, 0.25) is 0 Å². The molecule has 2 aliphatic rings. The molecule has 0 atom stereocenters. The summed E-state index contributed by atoms with van der Waals surface area (Å²) in [4.78, 5) is 16.8. The summed E-state index contributed by atoms with van der Waals surface area (Å²) in [6, 6.07) is 0. The number of ether oxygens (including phenoxy) is 1. The van der Waals surface area contributed by atoms with E-state index in [-0.39, 0.29) is 5.60 Å². The van der Waals surface area contributed by atoms with Gasteiger partial charge in [0, 0.05) is 32.8 Å². The van der Waals surface area contributed by atoms with Crippen molar-refractivity contribution in [3.8, 4) is 0 Å². The molecule has 1 amide bonds. The number of hydrogen-bond donors (Lipinski definition) is 0. The summed E-state index contributed by atoms with van der Waals surface area (Å²) in [6.07, 6.45) is 4.04. The molecule has 0 unspecified atom stereocenters. The molecule has 5 heteroatoms. The van der Waals surface area contributed by atoms with E-state index in [9.17, 15) is 4.79 Å². The summed E-state index contributed by atoms with van der Waals surface area (Å²) in [7, 11) is 8.16. The maximum Gasteiger partial charge on any atom is 0.209 e. The van der Waals surface area contributed by atoms with Crippen molar-refractivity contribution in [3.05, 3.63) is 0 Å². The molecule has 2 saturated heterocycles. The number of amides is 1. The Morgan fingerprint density at radius 2 is 1.48 bits per heavy atom. The number of likely N-dealkylation sites (tertiary alicyclic amines) is 1. The number of nitrogens with zero attached hydrogens (tertiary/aromatic N) is 3. The monoisotopic (exact) mass is 331 g/mol. The lowest BCUT2D eigenvalue weighted by molar-refractivity contribution is -0.125. The summed E-state index contributed by atoms with van der Waals surface area (Å²) in [5, 5.41) is 0. The van der Waals surface area contributed by atoms with E-state index in [1.165, 1.54) is 0 Å². The Morgan fingerprint density at radius 1 is 1.00 bits per heavy atom. The van der Waals surface area contributed by atoms with Crippen LogP contribution in [0.1, 0.15) is 47.0 Å². The van der Waals surface area contributed by atoms with Gasteiger partial charge in [-0.25, -0.2) is 0 Å². The molecule has 2 heterocycles. The van der Waals surface area contributed by atoms with Gasteiger partial charge >= 0.3 is 0 Å². The van der Waals surface area contributed by atoms with Crippen molar-refractivity contribution < 1.29 is 9.53 Å². The van der Waals surface area contributed by atoms with Crippen molar-refractivity contribution in [2.24, 2.45) is 0 Å². The predicted molar refractivity (Wildman–Crippen MR) is 100.0 cm³/mol. The smallest absolute Gasteiger partial charge is 0.209 e. The molecule has 2 rings (SSSR count). The fourth-order valence-electron chi connectivity index (χ4n) is 2.58. The Bertz CT molecular complexity index is 262. The quantitative estimate of drug-likeness (QED) is 0.692. The van der Waals surface area contributed by atoms with Crippen LogP contribution in [-0.4, -0.2) is 87.7 Å². The average Bonchev–Trinajstić information content (AvgIpc) is 2.73. The number of carbonyl (C=O) groups excluding carboxylic acids is 1. The summed E-state index contributed by atoms with van der Waals surface area (Å²) in [6.45, 7) is 12.7. The molecular weight excluding hydrogens is 290 g/mol. The molecule has 5 nitrogen and oxygen atoms in total. The van der Waals surface area contributed by atoms with Crippen LogP contribution < -0.4 is 0 Å². The van der Waals surface area contributed by atoms with Gasteiger partial charge < -0.3 is 19.4 Å². The standard InChI is InChI=1S/C11H20N2O2.C3H9N.2C2H6/c1-12-5-2-8-15-11(9-12)3-6-13(10-14)7-4-11;1-4(2)3;2*1-2/h10H,2-9H2,1H3;1-3H3;2*1-2H3. The molecule has 0 radical (unpaired) electrons. The number of piperidine rings is 1. The van der Waals surface area contributed by atoms with E-state index in [1.807, 2.05) is 58.6 Å². The number of likely N-dealkylation sites (N-methyl/N-ethyl adjacent to an activating group) is 1. The molecule has 0 aliphatic carbocycles. The molecule has 0 aromatic carbocycles. The molecule has 2 aliphatic heterocycles. The molecule has 2 fully saturated rings. The van der Waals surface area contributed by atoms with Gasteiger partial charge in [0.1, 0.15) is 0 Å². The van der Waals surface area contributed by atoms with Gasteiger partial charge in [0.05, 0.1) is 5.60 Å². The van der Waals surface area contributed by atoms with Gasteiger partial charge in [-0.05, 0) is 47.5 Å². The second kappa shape index (κ2) is 14.9. The number of carbonyl (C=O) groups is 1. The van der Waals surface area contributed by atoms with Gasteiger partial charge in [0.2, 0.25) is 6.41 Å². The van der Waals surface area contributed by atoms with Crippen LogP contribution in [0.15, 0.2) is 0 Å². The van der Waals surface area contributed by atoms with Crippen LogP contribution in [0, 0.1) is 0 Å². The van der Waals surface area contributed by atoms with E-state index in [0.29, 0.717) is 0 Å². The van der Waals surface area contributed by atoms with E-state index in [0.717, 1.165) is 58.5 Å². The second-order valence-corrected chi connectivity index (χ2v) is 6.11. The first-order valence-corrected chi connectivity index (χ1v) is 9.10. The Labute approximate surface area is 145 Å². The molecule has 23 heavy (non-hydrogen) atoms. The molecular formula is C18H41N3O2. The predicted octanol–water partition coefficient (Wildman–Crippen LogP) is 2.56. The molecule has 1 spiro atoms. The molecule has 0 aromatic rings. The highest BCUT2D eigenvalue weighted by atomic mass is 16.5. The first-order valence-electron chi connectivity index (χ1n) is 9.10. The first-order chi connectivity index (χ1) is 11.0. The fourth-order valence-corrected chi connectivity index (χ4v) is 2.58. The van der Waals surface area contributed by atoms with Crippen molar-refractivity contribution in [2.75, 3.05) is 61.0 Å². The van der Waals surface area contributed by atoms with E-state index in [2.05, 4.69) is 11.9 Å². The van der Waals surface area contributed by atoms with Crippen LogP contribution in [0.4, 0.5) is 0 Å². The lowest BCUT2D eigenvalue weighted by Gasteiger charge is -2.41. The number of rotatable bonds is 1. The minimum atomic E-state index is 0.0186. The van der Waals surface area contributed by atoms with Crippen LogP contribution in [0.3, 0.4) is 0 Å². The zero-order valence-electron chi connectivity index (χ0n) is 16.9. The van der Waals surface area contributed by atoms with Crippen molar-refractivity contribution in [1.82, 2.24) is 14.7 Å². The van der Waals surface area contributed by atoms with E-state index in [4.69, 9.17) is 4.74 Å². The largest absolute Gasteiger partial charge is 0.373 e. The van der Waals surface area contributed by atoms with Gasteiger partial charge in [0.25, 0.3) is 0 Å². The third-order valence-electron chi connectivity index (χ3n) is 3.51. The Morgan fingerprint density at radius 3 is 1.91 bits per heavy atom. The average molecular weight is 332 g/mol. The summed E-state index contributed by atoms with van der Waals surface area (Å²) in [5.74, 6) is 0.